The summed E-state index contributed by atoms with van der Waals surface area (Å²) in [4.78, 5) is 0.489. The van der Waals surface area contributed by atoms with Crippen molar-refractivity contribution in [2.75, 3.05) is 13.2 Å². The quantitative estimate of drug-likeness (QED) is 0.455. The molecule has 140 valence electrons. The van der Waals surface area contributed by atoms with Crippen molar-refractivity contribution in [2.24, 2.45) is 0 Å². The Morgan fingerprint density at radius 1 is 1.08 bits per heavy atom. The van der Waals surface area contributed by atoms with E-state index in [2.05, 4.69) is 0 Å². The predicted molar refractivity (Wildman–Crippen MR) is 108 cm³/mol. The van der Waals surface area contributed by atoms with Crippen molar-refractivity contribution in [3.63, 3.8) is 0 Å². The summed E-state index contributed by atoms with van der Waals surface area (Å²) in [5.74, 6) is 0. The third-order valence-corrected chi connectivity index (χ3v) is 8.05. The second-order valence-corrected chi connectivity index (χ2v) is 9.65. The lowest BCUT2D eigenvalue weighted by Crippen LogP contribution is -2.04. The molecular weight excluding hydrogens is 414 g/mol. The standard InChI is InChI=1S/C18H19Cl2O4PS/c1-3-23-25(21,24-4-2)18(26(22)16-8-6-5-7-9-16)12-14-10-11-15(19)13-17(14)20/h5-13H,3-4H2,1-2H3/b18-12+. The maximum absolute atomic E-state index is 13.3. The van der Waals surface area contributed by atoms with Crippen molar-refractivity contribution in [1.29, 1.82) is 0 Å². The molecule has 0 spiro atoms. The fraction of sp³-hybridized carbons (Fsp3) is 0.222. The molecule has 1 unspecified atom stereocenters. The van der Waals surface area contributed by atoms with Gasteiger partial charge < -0.3 is 9.05 Å². The maximum atomic E-state index is 13.3. The Morgan fingerprint density at radius 2 is 1.69 bits per heavy atom. The molecule has 0 radical (unpaired) electrons. The summed E-state index contributed by atoms with van der Waals surface area (Å²) < 4.78 is 37.4. The predicted octanol–water partition coefficient (Wildman–Crippen LogP) is 6.37. The maximum Gasteiger partial charge on any atom is 0.370 e. The van der Waals surface area contributed by atoms with Crippen LogP contribution in [0.3, 0.4) is 0 Å². The number of benzene rings is 2. The van der Waals surface area contributed by atoms with E-state index < -0.39 is 18.4 Å². The molecule has 0 aromatic heterocycles. The van der Waals surface area contributed by atoms with Gasteiger partial charge in [-0.3, -0.25) is 4.57 Å². The zero-order valence-corrected chi connectivity index (χ0v) is 17.6. The molecule has 0 saturated heterocycles. The highest BCUT2D eigenvalue weighted by molar-refractivity contribution is 7.98. The number of halogens is 2. The largest absolute Gasteiger partial charge is 0.370 e. The Kier molecular flexibility index (Phi) is 8.08. The van der Waals surface area contributed by atoms with Crippen LogP contribution in [0, 0.1) is 0 Å². The first-order valence-corrected chi connectivity index (χ1v) is 11.4. The van der Waals surface area contributed by atoms with Gasteiger partial charge in [0.15, 0.2) is 0 Å². The van der Waals surface area contributed by atoms with E-state index in [1.54, 1.807) is 56.3 Å². The van der Waals surface area contributed by atoms with Gasteiger partial charge in [-0.15, -0.1) is 0 Å². The minimum atomic E-state index is -3.78. The molecule has 1 atom stereocenters. The molecule has 2 rings (SSSR count). The lowest BCUT2D eigenvalue weighted by molar-refractivity contribution is 0.228. The molecule has 0 saturated carbocycles. The summed E-state index contributed by atoms with van der Waals surface area (Å²) >= 11 is 12.2. The summed E-state index contributed by atoms with van der Waals surface area (Å²) in [7, 11) is -5.53. The highest BCUT2D eigenvalue weighted by Gasteiger charge is 2.35. The zero-order valence-electron chi connectivity index (χ0n) is 14.4. The highest BCUT2D eigenvalue weighted by atomic mass is 35.5. The average molecular weight is 433 g/mol. The van der Waals surface area contributed by atoms with Crippen molar-refractivity contribution in [3.8, 4) is 0 Å². The first kappa shape index (κ1) is 21.4. The minimum absolute atomic E-state index is 0.0385. The van der Waals surface area contributed by atoms with Crippen LogP contribution in [0.2, 0.25) is 10.0 Å². The number of hydrogen-bond acceptors (Lipinski definition) is 4. The van der Waals surface area contributed by atoms with Crippen LogP contribution in [-0.4, -0.2) is 17.4 Å². The summed E-state index contributed by atoms with van der Waals surface area (Å²) in [5.41, 5.74) is 0.523. The first-order chi connectivity index (χ1) is 12.4. The SMILES string of the molecule is CCOP(=O)(OCC)/C(=C\c1ccc(Cl)cc1Cl)S(=O)c1ccccc1. The molecule has 4 nitrogen and oxygen atoms in total. The molecule has 0 fully saturated rings. The lowest BCUT2D eigenvalue weighted by Gasteiger charge is -2.20. The Labute approximate surface area is 166 Å². The van der Waals surface area contributed by atoms with E-state index in [0.29, 0.717) is 20.5 Å². The van der Waals surface area contributed by atoms with E-state index in [-0.39, 0.29) is 17.9 Å². The summed E-state index contributed by atoms with van der Waals surface area (Å²) in [6.07, 6.45) is 1.49. The fourth-order valence-corrected chi connectivity index (χ4v) is 6.25. The molecule has 0 aliphatic heterocycles. The molecule has 26 heavy (non-hydrogen) atoms. The van der Waals surface area contributed by atoms with Gasteiger partial charge in [0, 0.05) is 14.9 Å². The molecule has 0 aliphatic carbocycles. The van der Waals surface area contributed by atoms with Crippen LogP contribution in [0.4, 0.5) is 0 Å². The van der Waals surface area contributed by atoms with Crippen molar-refractivity contribution in [2.45, 2.75) is 18.7 Å². The van der Waals surface area contributed by atoms with Crippen LogP contribution in [0.5, 0.6) is 0 Å². The Balaban J connectivity index is 2.63. The van der Waals surface area contributed by atoms with Gasteiger partial charge >= 0.3 is 7.60 Å². The van der Waals surface area contributed by atoms with E-state index in [0.717, 1.165) is 0 Å². The molecule has 0 amide bonds. The van der Waals surface area contributed by atoms with Gasteiger partial charge in [-0.1, -0.05) is 47.5 Å². The lowest BCUT2D eigenvalue weighted by atomic mass is 10.2. The summed E-state index contributed by atoms with van der Waals surface area (Å²) in [6.45, 7) is 3.69. The second kappa shape index (κ2) is 9.84. The van der Waals surface area contributed by atoms with Crippen LogP contribution in [0.15, 0.2) is 58.1 Å². The van der Waals surface area contributed by atoms with Gasteiger partial charge in [0.1, 0.15) is 4.65 Å². The molecule has 0 bridgehead atoms. The zero-order chi connectivity index (χ0) is 19.2. The van der Waals surface area contributed by atoms with Crippen molar-refractivity contribution >= 4 is 47.7 Å². The van der Waals surface area contributed by atoms with Crippen molar-refractivity contribution in [3.05, 3.63) is 68.8 Å². The van der Waals surface area contributed by atoms with Crippen LogP contribution in [0.1, 0.15) is 19.4 Å². The Hall–Kier alpha value is -0.940. The minimum Gasteiger partial charge on any atom is -0.305 e. The average Bonchev–Trinajstić information content (AvgIpc) is 2.61. The van der Waals surface area contributed by atoms with E-state index in [1.165, 1.54) is 6.08 Å². The topological polar surface area (TPSA) is 52.6 Å². The summed E-state index contributed by atoms with van der Waals surface area (Å²) in [6, 6.07) is 13.6. The molecule has 2 aromatic rings. The van der Waals surface area contributed by atoms with Gasteiger partial charge in [0.2, 0.25) is 0 Å². The van der Waals surface area contributed by atoms with E-state index in [9.17, 15) is 8.77 Å². The molecule has 2 aromatic carbocycles. The Bertz CT molecular complexity index is 846. The summed E-state index contributed by atoms with van der Waals surface area (Å²) in [5, 5.41) is 0.815. The second-order valence-electron chi connectivity index (χ2n) is 5.06. The van der Waals surface area contributed by atoms with E-state index in [1.807, 2.05) is 6.07 Å². The molecule has 0 heterocycles. The smallest absolute Gasteiger partial charge is 0.305 e. The third kappa shape index (κ3) is 5.29. The van der Waals surface area contributed by atoms with Crippen molar-refractivity contribution < 1.29 is 17.8 Å². The van der Waals surface area contributed by atoms with Gasteiger partial charge in [-0.25, -0.2) is 4.21 Å². The van der Waals surface area contributed by atoms with Crippen molar-refractivity contribution in [1.82, 2.24) is 0 Å². The molecular formula is C18H19Cl2O4PS. The van der Waals surface area contributed by atoms with E-state index >= 15 is 0 Å². The number of hydrogen-bond donors (Lipinski definition) is 0. The van der Waals surface area contributed by atoms with Gasteiger partial charge in [-0.05, 0) is 49.8 Å². The molecule has 0 N–H and O–H groups in total. The van der Waals surface area contributed by atoms with Crippen LogP contribution in [0.25, 0.3) is 6.08 Å². The monoisotopic (exact) mass is 432 g/mol. The number of rotatable bonds is 8. The molecule has 0 aliphatic rings. The van der Waals surface area contributed by atoms with E-state index in [4.69, 9.17) is 32.2 Å². The normalized spacial score (nSPS) is 13.6. The van der Waals surface area contributed by atoms with Crippen LogP contribution < -0.4 is 0 Å². The first-order valence-electron chi connectivity index (χ1n) is 7.94. The Morgan fingerprint density at radius 3 is 2.23 bits per heavy atom. The van der Waals surface area contributed by atoms with Gasteiger partial charge in [0.05, 0.1) is 24.0 Å². The van der Waals surface area contributed by atoms with Gasteiger partial charge in [0.25, 0.3) is 0 Å². The van der Waals surface area contributed by atoms with Crippen LogP contribution in [-0.2, 0) is 24.4 Å². The highest BCUT2D eigenvalue weighted by Crippen LogP contribution is 2.59. The third-order valence-electron chi connectivity index (χ3n) is 3.26. The molecule has 8 heteroatoms. The van der Waals surface area contributed by atoms with Crippen LogP contribution >= 0.6 is 30.8 Å². The fourth-order valence-electron chi connectivity index (χ4n) is 2.15. The van der Waals surface area contributed by atoms with Gasteiger partial charge in [-0.2, -0.15) is 0 Å².